The molecule has 76 valence electrons. The van der Waals surface area contributed by atoms with Crippen LogP contribution < -0.4 is 5.32 Å². The average molecular weight is 191 g/mol. The summed E-state index contributed by atoms with van der Waals surface area (Å²) in [6, 6.07) is 0. The second-order valence-electron chi connectivity index (χ2n) is 3.74. The van der Waals surface area contributed by atoms with E-state index in [9.17, 15) is 0 Å². The van der Waals surface area contributed by atoms with E-state index in [2.05, 4.69) is 11.4 Å². The molecular weight excluding hydrogens is 174 g/mol. The quantitative estimate of drug-likeness (QED) is 0.688. The van der Waals surface area contributed by atoms with Crippen LogP contribution in [0.4, 0.5) is 0 Å². The third kappa shape index (κ3) is 2.41. The van der Waals surface area contributed by atoms with E-state index in [-0.39, 0.29) is 0 Å². The molecule has 2 nitrogen and oxygen atoms in total. The van der Waals surface area contributed by atoms with Gasteiger partial charge in [0.1, 0.15) is 5.76 Å². The summed E-state index contributed by atoms with van der Waals surface area (Å²) in [6.07, 6.45) is 14.4. The number of hydrogen-bond donors (Lipinski definition) is 1. The van der Waals surface area contributed by atoms with Gasteiger partial charge in [0, 0.05) is 12.7 Å². The van der Waals surface area contributed by atoms with Crippen LogP contribution in [-0.4, -0.2) is 6.54 Å². The van der Waals surface area contributed by atoms with Gasteiger partial charge < -0.3 is 10.1 Å². The monoisotopic (exact) mass is 191 g/mol. The molecule has 0 atom stereocenters. The van der Waals surface area contributed by atoms with E-state index in [1.807, 2.05) is 12.3 Å². The van der Waals surface area contributed by atoms with E-state index in [1.165, 1.54) is 31.3 Å². The van der Waals surface area contributed by atoms with Gasteiger partial charge in [-0.3, -0.25) is 0 Å². The maximum absolute atomic E-state index is 5.55. The molecule has 2 heteroatoms. The normalized spacial score (nSPS) is 22.3. The van der Waals surface area contributed by atoms with Gasteiger partial charge in [0.2, 0.25) is 0 Å². The van der Waals surface area contributed by atoms with E-state index in [0.717, 1.165) is 18.7 Å². The summed E-state index contributed by atoms with van der Waals surface area (Å²) in [5, 5.41) is 3.20. The van der Waals surface area contributed by atoms with Crippen LogP contribution in [-0.2, 0) is 4.74 Å². The molecule has 0 unspecified atom stereocenters. The maximum atomic E-state index is 5.55. The Bertz CT molecular complexity index is 276. The highest BCUT2D eigenvalue weighted by Crippen LogP contribution is 2.24. The number of ether oxygens (including phenoxy) is 1. The lowest BCUT2D eigenvalue weighted by molar-refractivity contribution is 0.357. The third-order valence-corrected chi connectivity index (χ3v) is 2.62. The topological polar surface area (TPSA) is 21.3 Å². The average Bonchev–Trinajstić information content (AvgIpc) is 2.62. The van der Waals surface area contributed by atoms with Crippen LogP contribution in [0.15, 0.2) is 35.9 Å². The minimum Gasteiger partial charge on any atom is -0.463 e. The molecule has 1 heterocycles. The van der Waals surface area contributed by atoms with Crippen LogP contribution >= 0.6 is 0 Å². The lowest BCUT2D eigenvalue weighted by Crippen LogP contribution is -2.04. The lowest BCUT2D eigenvalue weighted by Gasteiger charge is -2.08. The van der Waals surface area contributed by atoms with Gasteiger partial charge in [0.05, 0.1) is 6.26 Å². The summed E-state index contributed by atoms with van der Waals surface area (Å²) in [6.45, 7) is 0.858. The molecule has 0 radical (unpaired) electrons. The molecular formula is C12H17NO. The van der Waals surface area contributed by atoms with Crippen molar-refractivity contribution in [3.63, 3.8) is 0 Å². The Balaban J connectivity index is 2.07. The smallest absolute Gasteiger partial charge is 0.144 e. The van der Waals surface area contributed by atoms with Crippen molar-refractivity contribution in [3.05, 3.63) is 35.9 Å². The minimum absolute atomic E-state index is 0.858. The lowest BCUT2D eigenvalue weighted by atomic mass is 10.1. The fraction of sp³-hybridized carbons (Fsp3) is 0.500. The van der Waals surface area contributed by atoms with E-state index >= 15 is 0 Å². The Morgan fingerprint density at radius 1 is 1.21 bits per heavy atom. The molecule has 0 bridgehead atoms. The Morgan fingerprint density at radius 3 is 3.21 bits per heavy atom. The van der Waals surface area contributed by atoms with Crippen molar-refractivity contribution in [2.45, 2.75) is 32.1 Å². The van der Waals surface area contributed by atoms with Crippen molar-refractivity contribution in [1.82, 2.24) is 5.32 Å². The Hall–Kier alpha value is -1.18. The fourth-order valence-electron chi connectivity index (χ4n) is 1.83. The molecule has 1 N–H and O–H groups in total. The van der Waals surface area contributed by atoms with Gasteiger partial charge in [-0.1, -0.05) is 12.5 Å². The van der Waals surface area contributed by atoms with Crippen molar-refractivity contribution < 1.29 is 4.74 Å². The van der Waals surface area contributed by atoms with Crippen molar-refractivity contribution in [2.75, 3.05) is 6.54 Å². The summed E-state index contributed by atoms with van der Waals surface area (Å²) in [4.78, 5) is 0. The van der Waals surface area contributed by atoms with Crippen molar-refractivity contribution >= 4 is 0 Å². The minimum atomic E-state index is 0.858. The predicted octanol–water partition coefficient (Wildman–Crippen LogP) is 2.85. The first-order chi connectivity index (χ1) is 6.97. The van der Waals surface area contributed by atoms with Crippen LogP contribution in [0.25, 0.3) is 0 Å². The Labute approximate surface area is 85.3 Å². The third-order valence-electron chi connectivity index (χ3n) is 2.62. The molecule has 14 heavy (non-hydrogen) atoms. The van der Waals surface area contributed by atoms with Gasteiger partial charge in [0.15, 0.2) is 0 Å². The summed E-state index contributed by atoms with van der Waals surface area (Å²) in [5.41, 5.74) is 1.36. The second kappa shape index (κ2) is 4.89. The zero-order valence-electron chi connectivity index (χ0n) is 8.46. The summed E-state index contributed by atoms with van der Waals surface area (Å²) in [7, 11) is 0. The molecule has 0 aromatic carbocycles. The van der Waals surface area contributed by atoms with Gasteiger partial charge >= 0.3 is 0 Å². The standard InChI is InChI=1S/C12H17NO/c1-2-4-7-11(6-3-1)12-10-13-8-5-9-14-12/h5-6,9-10,13H,1-4,7-8H2. The van der Waals surface area contributed by atoms with Crippen LogP contribution in [0.5, 0.6) is 0 Å². The molecule has 0 saturated heterocycles. The summed E-state index contributed by atoms with van der Waals surface area (Å²) in [5.74, 6) is 1.00. The molecule has 0 aromatic heterocycles. The van der Waals surface area contributed by atoms with Crippen molar-refractivity contribution in [2.24, 2.45) is 0 Å². The number of hydrogen-bond acceptors (Lipinski definition) is 2. The molecule has 2 rings (SSSR count). The van der Waals surface area contributed by atoms with Gasteiger partial charge in [-0.05, 0) is 37.3 Å². The SMILES string of the molecule is C1=COC(C2=CCCCCC2)=CNC1. The first-order valence-corrected chi connectivity index (χ1v) is 5.41. The summed E-state index contributed by atoms with van der Waals surface area (Å²) >= 11 is 0. The van der Waals surface area contributed by atoms with Crippen LogP contribution in [0, 0.1) is 0 Å². The fourth-order valence-corrected chi connectivity index (χ4v) is 1.83. The van der Waals surface area contributed by atoms with Gasteiger partial charge in [0.25, 0.3) is 0 Å². The maximum Gasteiger partial charge on any atom is 0.144 e. The first kappa shape index (κ1) is 9.38. The van der Waals surface area contributed by atoms with Gasteiger partial charge in [-0.2, -0.15) is 0 Å². The highest BCUT2D eigenvalue weighted by atomic mass is 16.5. The zero-order chi connectivity index (χ0) is 9.64. The van der Waals surface area contributed by atoms with E-state index in [0.29, 0.717) is 0 Å². The first-order valence-electron chi connectivity index (χ1n) is 5.41. The molecule has 0 aromatic rings. The Morgan fingerprint density at radius 2 is 2.21 bits per heavy atom. The molecule has 0 amide bonds. The van der Waals surface area contributed by atoms with Crippen molar-refractivity contribution in [1.29, 1.82) is 0 Å². The van der Waals surface area contributed by atoms with E-state index in [1.54, 1.807) is 6.26 Å². The molecule has 1 aliphatic carbocycles. The van der Waals surface area contributed by atoms with Crippen LogP contribution in [0.3, 0.4) is 0 Å². The van der Waals surface area contributed by atoms with Crippen LogP contribution in [0.2, 0.25) is 0 Å². The molecule has 0 spiro atoms. The number of nitrogens with one attached hydrogen (secondary N) is 1. The molecule has 2 aliphatic rings. The predicted molar refractivity (Wildman–Crippen MR) is 57.5 cm³/mol. The van der Waals surface area contributed by atoms with Crippen LogP contribution in [0.1, 0.15) is 32.1 Å². The second-order valence-corrected chi connectivity index (χ2v) is 3.74. The number of allylic oxidation sites excluding steroid dienone is 2. The van der Waals surface area contributed by atoms with E-state index in [4.69, 9.17) is 4.74 Å². The van der Waals surface area contributed by atoms with Gasteiger partial charge in [-0.25, -0.2) is 0 Å². The molecule has 0 saturated carbocycles. The van der Waals surface area contributed by atoms with E-state index < -0.39 is 0 Å². The summed E-state index contributed by atoms with van der Waals surface area (Å²) < 4.78 is 5.55. The highest BCUT2D eigenvalue weighted by Gasteiger charge is 2.09. The number of rotatable bonds is 1. The Kier molecular flexibility index (Phi) is 3.28. The van der Waals surface area contributed by atoms with Gasteiger partial charge in [-0.15, -0.1) is 0 Å². The molecule has 0 fully saturated rings. The van der Waals surface area contributed by atoms with Crippen molar-refractivity contribution in [3.8, 4) is 0 Å². The largest absolute Gasteiger partial charge is 0.463 e. The zero-order valence-corrected chi connectivity index (χ0v) is 8.46. The molecule has 1 aliphatic heterocycles. The highest BCUT2D eigenvalue weighted by molar-refractivity contribution is 5.27.